The van der Waals surface area contributed by atoms with E-state index in [0.29, 0.717) is 17.2 Å². The van der Waals surface area contributed by atoms with Gasteiger partial charge in [-0.3, -0.25) is 0 Å². The fourth-order valence-corrected chi connectivity index (χ4v) is 6.53. The molecule has 0 aliphatic rings. The van der Waals surface area contributed by atoms with Crippen molar-refractivity contribution in [1.82, 2.24) is 9.97 Å². The van der Waals surface area contributed by atoms with Crippen molar-refractivity contribution in [3.05, 3.63) is 139 Å². The average Bonchev–Trinajstić information content (AvgIpc) is 3.02. The molecule has 42 heavy (non-hydrogen) atoms. The number of nitrogens with zero attached hydrogens (tertiary/aromatic N) is 2. The molecule has 0 spiro atoms. The van der Waals surface area contributed by atoms with Gasteiger partial charge in [0, 0.05) is 27.5 Å². The fraction of sp³-hybridized carbons (Fsp3) is 0.0556. The number of pyridine rings is 2. The Kier molecular flexibility index (Phi) is 6.93. The Hall–Kier alpha value is -4.89. The van der Waals surface area contributed by atoms with E-state index in [1.165, 1.54) is 5.56 Å². The molecule has 0 radical (unpaired) electrons. The number of aromatic nitrogens is 2. The number of aryl methyl sites for hydroxylation is 2. The quantitative estimate of drug-likeness (QED) is 0.182. The molecule has 0 amide bonds. The number of hydrogen-bond donors (Lipinski definition) is 0. The first-order valence-corrected chi connectivity index (χ1v) is 15.3. The Bertz CT molecular complexity index is 1980. The molecule has 0 atom stereocenters. The summed E-state index contributed by atoms with van der Waals surface area (Å²) in [5.74, 6) is 1.96. The van der Waals surface area contributed by atoms with Crippen molar-refractivity contribution in [2.45, 2.75) is 13.8 Å². The van der Waals surface area contributed by atoms with Crippen molar-refractivity contribution in [1.29, 1.82) is 0 Å². The number of rotatable bonds is 7. The van der Waals surface area contributed by atoms with Crippen LogP contribution in [0.15, 0.2) is 127 Å². The second-order valence-corrected chi connectivity index (χ2v) is 11.5. The van der Waals surface area contributed by atoms with Gasteiger partial charge in [-0.15, -0.1) is 0 Å². The summed E-state index contributed by atoms with van der Waals surface area (Å²) in [6.07, 6.45) is 0. The van der Waals surface area contributed by atoms with E-state index in [0.717, 1.165) is 49.5 Å². The summed E-state index contributed by atoms with van der Waals surface area (Å²) in [5, 5.41) is 4.05. The molecule has 0 aliphatic heterocycles. The molecule has 2 aromatic heterocycles. The second kappa shape index (κ2) is 11.2. The van der Waals surface area contributed by atoms with Gasteiger partial charge >= 0.3 is 15.1 Å². The second-order valence-electron chi connectivity index (χ2n) is 10.3. The Morgan fingerprint density at radius 3 is 1.62 bits per heavy atom. The van der Waals surface area contributed by atoms with Crippen LogP contribution in [0.25, 0.3) is 43.7 Å². The highest BCUT2D eigenvalue weighted by atomic mass is 27.3. The summed E-state index contributed by atoms with van der Waals surface area (Å²) < 4.78 is 19.9. The summed E-state index contributed by atoms with van der Waals surface area (Å²) in [4.78, 5) is 9.53. The van der Waals surface area contributed by atoms with Crippen LogP contribution in [-0.2, 0) is 0 Å². The van der Waals surface area contributed by atoms with E-state index in [-0.39, 0.29) is 0 Å². The highest BCUT2D eigenvalue weighted by Crippen LogP contribution is 2.33. The predicted molar refractivity (Wildman–Crippen MR) is 170 cm³/mol. The molecule has 2 heterocycles. The van der Waals surface area contributed by atoms with E-state index >= 15 is 0 Å². The minimum atomic E-state index is -2.92. The van der Waals surface area contributed by atoms with Crippen LogP contribution in [-0.4, -0.2) is 25.1 Å². The van der Waals surface area contributed by atoms with Gasteiger partial charge in [0.1, 0.15) is 22.5 Å². The minimum absolute atomic E-state index is 0.629. The van der Waals surface area contributed by atoms with Gasteiger partial charge < -0.3 is 11.4 Å². The van der Waals surface area contributed by atoms with Crippen LogP contribution < -0.4 is 11.4 Å². The molecule has 7 rings (SSSR count). The Morgan fingerprint density at radius 2 is 1.00 bits per heavy atom. The van der Waals surface area contributed by atoms with Crippen molar-refractivity contribution in [2.24, 2.45) is 0 Å². The van der Waals surface area contributed by atoms with E-state index in [2.05, 4.69) is 60.7 Å². The maximum atomic E-state index is 6.68. The number of hydrogen-bond acceptors (Lipinski definition) is 5. The lowest BCUT2D eigenvalue weighted by Gasteiger charge is -2.19. The molecule has 5 aromatic carbocycles. The highest BCUT2D eigenvalue weighted by molar-refractivity contribution is 6.40. The predicted octanol–water partition coefficient (Wildman–Crippen LogP) is 8.74. The molecule has 0 fully saturated rings. The first kappa shape index (κ1) is 26.0. The van der Waals surface area contributed by atoms with Gasteiger partial charge in [-0.1, -0.05) is 91.0 Å². The average molecular weight is 563 g/mol. The van der Waals surface area contributed by atoms with Crippen LogP contribution in [0.3, 0.4) is 0 Å². The van der Waals surface area contributed by atoms with Crippen LogP contribution in [0.4, 0.5) is 0 Å². The molecule has 7 aromatic rings. The molecule has 0 saturated heterocycles. The standard InChI is InChI=1S/C16H12O.2C10H9NO.Al/c17-16-8-4-7-14-11-13(9-10-15(14)16)12-5-2-1-3-6-12;2*1-7-5-6-8-3-2-4-9(12)10(8)11-7;/h1-11,17H;2*2-6,12H,1H3;/q;;;+3/p-3. The lowest BCUT2D eigenvalue weighted by atomic mass is 10.0. The molecule has 5 nitrogen and oxygen atoms in total. The monoisotopic (exact) mass is 562 g/mol. The van der Waals surface area contributed by atoms with E-state index in [1.54, 1.807) is 0 Å². The normalized spacial score (nSPS) is 11.1. The number of fused-ring (bicyclic) bond motifs is 3. The minimum Gasteiger partial charge on any atom is -0.577 e. The van der Waals surface area contributed by atoms with Crippen LogP contribution >= 0.6 is 0 Å². The summed E-state index contributed by atoms with van der Waals surface area (Å²) in [6.45, 7) is 3.95. The van der Waals surface area contributed by atoms with Gasteiger partial charge in [0.25, 0.3) is 0 Å². The summed E-state index contributed by atoms with van der Waals surface area (Å²) in [7, 11) is 0. The van der Waals surface area contributed by atoms with Crippen molar-refractivity contribution in [3.63, 3.8) is 0 Å². The molecule has 0 bridgehead atoms. The molecule has 0 N–H and O–H groups in total. The number of para-hydroxylation sites is 2. The maximum Gasteiger partial charge on any atom is 1.20 e. The SMILES string of the molecule is Cc1ccc2cccc([O][Al]([O]c3cccc4cc(-c5ccccc5)ccc34)[O]c3cccc4ccc(C)nc34)c2n1. The third-order valence-electron chi connectivity index (χ3n) is 7.26. The first-order chi connectivity index (χ1) is 20.6. The zero-order chi connectivity index (χ0) is 28.5. The Balaban J connectivity index is 1.30. The topological polar surface area (TPSA) is 53.5 Å². The maximum absolute atomic E-state index is 6.68. The van der Waals surface area contributed by atoms with Crippen LogP contribution in [0, 0.1) is 13.8 Å². The lowest BCUT2D eigenvalue weighted by molar-refractivity contribution is 0.311. The molecule has 202 valence electrons. The number of benzene rings is 5. The van der Waals surface area contributed by atoms with E-state index in [9.17, 15) is 0 Å². The zero-order valence-corrected chi connectivity index (χ0v) is 24.5. The molecular weight excluding hydrogens is 535 g/mol. The summed E-state index contributed by atoms with van der Waals surface area (Å²) >= 11 is -2.92. The summed E-state index contributed by atoms with van der Waals surface area (Å²) in [6, 6.07) is 42.8. The Morgan fingerprint density at radius 1 is 0.452 bits per heavy atom. The Labute approximate surface area is 249 Å². The molecule has 6 heteroatoms. The molecule has 0 saturated carbocycles. The summed E-state index contributed by atoms with van der Waals surface area (Å²) in [5.41, 5.74) is 5.70. The van der Waals surface area contributed by atoms with Crippen molar-refractivity contribution in [2.75, 3.05) is 0 Å². The fourth-order valence-electron chi connectivity index (χ4n) is 5.18. The van der Waals surface area contributed by atoms with Gasteiger partial charge in [0.15, 0.2) is 0 Å². The lowest BCUT2D eigenvalue weighted by Crippen LogP contribution is -2.37. The van der Waals surface area contributed by atoms with Crippen molar-refractivity contribution >= 4 is 47.7 Å². The zero-order valence-electron chi connectivity index (χ0n) is 23.3. The molecular formula is C36H27AlN2O3. The highest BCUT2D eigenvalue weighted by Gasteiger charge is 2.45. The molecule has 0 unspecified atom stereocenters. The van der Waals surface area contributed by atoms with E-state index in [1.807, 2.05) is 80.6 Å². The van der Waals surface area contributed by atoms with Crippen LogP contribution in [0.5, 0.6) is 17.2 Å². The van der Waals surface area contributed by atoms with Crippen LogP contribution in [0.2, 0.25) is 0 Å². The smallest absolute Gasteiger partial charge is 0.577 e. The van der Waals surface area contributed by atoms with Crippen LogP contribution in [0.1, 0.15) is 11.4 Å². The van der Waals surface area contributed by atoms with Gasteiger partial charge in [-0.25, -0.2) is 9.97 Å². The van der Waals surface area contributed by atoms with E-state index in [4.69, 9.17) is 21.3 Å². The van der Waals surface area contributed by atoms with Crippen molar-refractivity contribution < 1.29 is 11.4 Å². The molecule has 0 aliphatic carbocycles. The van der Waals surface area contributed by atoms with Gasteiger partial charge in [0.2, 0.25) is 0 Å². The van der Waals surface area contributed by atoms with Gasteiger partial charge in [-0.2, -0.15) is 0 Å². The van der Waals surface area contributed by atoms with Gasteiger partial charge in [0.05, 0.1) is 5.75 Å². The van der Waals surface area contributed by atoms with E-state index < -0.39 is 15.1 Å². The van der Waals surface area contributed by atoms with Crippen molar-refractivity contribution in [3.8, 4) is 28.4 Å². The largest absolute Gasteiger partial charge is 1.20 e. The third kappa shape index (κ3) is 5.26. The third-order valence-corrected chi connectivity index (χ3v) is 8.60. The van der Waals surface area contributed by atoms with Gasteiger partial charge in [-0.05, 0) is 66.8 Å². The first-order valence-electron chi connectivity index (χ1n) is 13.9.